The third kappa shape index (κ3) is 3.66. The molecule has 1 aromatic carbocycles. The summed E-state index contributed by atoms with van der Waals surface area (Å²) < 4.78 is 0. The van der Waals surface area contributed by atoms with Gasteiger partial charge in [-0.2, -0.15) is 0 Å². The van der Waals surface area contributed by atoms with Gasteiger partial charge in [0.2, 0.25) is 5.91 Å². The lowest BCUT2D eigenvalue weighted by atomic mass is 10.1. The molecule has 0 fully saturated rings. The summed E-state index contributed by atoms with van der Waals surface area (Å²) in [4.78, 5) is 23.3. The summed E-state index contributed by atoms with van der Waals surface area (Å²) in [7, 11) is 0. The van der Waals surface area contributed by atoms with E-state index in [2.05, 4.69) is 5.32 Å². The fourth-order valence-electron chi connectivity index (χ4n) is 1.70. The first-order chi connectivity index (χ1) is 9.56. The van der Waals surface area contributed by atoms with Crippen LogP contribution in [0.25, 0.3) is 0 Å². The van der Waals surface area contributed by atoms with Crippen molar-refractivity contribution >= 4 is 28.9 Å². The molecule has 0 bridgehead atoms. The Morgan fingerprint density at radius 1 is 1.25 bits per heavy atom. The van der Waals surface area contributed by atoms with Gasteiger partial charge in [-0.3, -0.25) is 9.59 Å². The molecule has 1 heterocycles. The van der Waals surface area contributed by atoms with Crippen LogP contribution >= 0.6 is 11.3 Å². The molecule has 0 aliphatic rings. The molecule has 104 valence electrons. The van der Waals surface area contributed by atoms with Crippen molar-refractivity contribution in [1.82, 2.24) is 0 Å². The number of carbonyl (C=O) groups is 2. The Bertz CT molecular complexity index is 593. The molecule has 4 N–H and O–H groups in total. The number of aliphatic carboxylic acids is 1. The minimum atomic E-state index is -0.887. The molecule has 0 spiro atoms. The highest BCUT2D eigenvalue weighted by Gasteiger charge is 2.16. The normalized spacial score (nSPS) is 11.8. The third-order valence-corrected chi connectivity index (χ3v) is 3.66. The number of benzene rings is 1. The molecule has 1 amide bonds. The number of amides is 1. The van der Waals surface area contributed by atoms with Crippen molar-refractivity contribution in [3.63, 3.8) is 0 Å². The van der Waals surface area contributed by atoms with E-state index in [1.54, 1.807) is 24.3 Å². The van der Waals surface area contributed by atoms with Gasteiger partial charge in [0.25, 0.3) is 0 Å². The number of hydrogen-bond donors (Lipinski definition) is 3. The van der Waals surface area contributed by atoms with E-state index in [-0.39, 0.29) is 12.3 Å². The molecule has 0 saturated heterocycles. The van der Waals surface area contributed by atoms with Crippen molar-refractivity contribution in [3.05, 3.63) is 52.2 Å². The van der Waals surface area contributed by atoms with Crippen LogP contribution in [0.3, 0.4) is 0 Å². The van der Waals surface area contributed by atoms with E-state index in [1.165, 1.54) is 11.3 Å². The van der Waals surface area contributed by atoms with Crippen LogP contribution in [0.5, 0.6) is 0 Å². The third-order valence-electron chi connectivity index (χ3n) is 2.71. The summed E-state index contributed by atoms with van der Waals surface area (Å²) in [6, 6.07) is 9.61. The first kappa shape index (κ1) is 14.2. The van der Waals surface area contributed by atoms with Gasteiger partial charge in [0.05, 0.1) is 6.42 Å². The zero-order chi connectivity index (χ0) is 14.5. The highest BCUT2D eigenvalue weighted by Crippen LogP contribution is 2.19. The minimum Gasteiger partial charge on any atom is -0.481 e. The van der Waals surface area contributed by atoms with Gasteiger partial charge in [-0.1, -0.05) is 18.2 Å². The fraction of sp³-hybridized carbons (Fsp3) is 0.143. The second-order valence-corrected chi connectivity index (χ2v) is 5.23. The van der Waals surface area contributed by atoms with Gasteiger partial charge in [-0.05, 0) is 29.1 Å². The first-order valence-corrected chi connectivity index (χ1v) is 6.85. The van der Waals surface area contributed by atoms with Crippen LogP contribution < -0.4 is 11.1 Å². The topological polar surface area (TPSA) is 92.4 Å². The summed E-state index contributed by atoms with van der Waals surface area (Å²) in [5.74, 6) is -1.18. The SMILES string of the molecule is NC(C(=O)Nc1ccc(CC(=O)O)cc1)c1cccs1. The monoisotopic (exact) mass is 290 g/mol. The quantitative estimate of drug-likeness (QED) is 0.785. The van der Waals surface area contributed by atoms with Crippen molar-refractivity contribution in [2.45, 2.75) is 12.5 Å². The predicted octanol–water partition coefficient (Wildman–Crippen LogP) is 2.01. The van der Waals surface area contributed by atoms with E-state index >= 15 is 0 Å². The highest BCUT2D eigenvalue weighted by atomic mass is 32.1. The standard InChI is InChI=1S/C14H14N2O3S/c15-13(11-2-1-7-20-11)14(19)16-10-5-3-9(4-6-10)8-12(17)18/h1-7,13H,8,15H2,(H,16,19)(H,17,18). The van der Waals surface area contributed by atoms with E-state index in [4.69, 9.17) is 10.8 Å². The maximum Gasteiger partial charge on any atom is 0.307 e. The van der Waals surface area contributed by atoms with E-state index < -0.39 is 12.0 Å². The Labute approximate surface area is 120 Å². The number of rotatable bonds is 5. The summed E-state index contributed by atoms with van der Waals surface area (Å²) in [5, 5.41) is 13.2. The zero-order valence-electron chi connectivity index (χ0n) is 10.6. The summed E-state index contributed by atoms with van der Waals surface area (Å²) in [6.07, 6.45) is -0.0388. The van der Waals surface area contributed by atoms with E-state index in [0.29, 0.717) is 11.3 Å². The maximum absolute atomic E-state index is 11.9. The Balaban J connectivity index is 1.99. The van der Waals surface area contributed by atoms with Crippen molar-refractivity contribution < 1.29 is 14.7 Å². The number of carboxylic acid groups (broad SMARTS) is 1. The van der Waals surface area contributed by atoms with E-state index in [9.17, 15) is 9.59 Å². The first-order valence-electron chi connectivity index (χ1n) is 5.97. The Hall–Kier alpha value is -2.18. The molecule has 2 rings (SSSR count). The van der Waals surface area contributed by atoms with Crippen LogP contribution in [0.2, 0.25) is 0 Å². The molecule has 0 saturated carbocycles. The van der Waals surface area contributed by atoms with Crippen LogP contribution in [-0.2, 0) is 16.0 Å². The lowest BCUT2D eigenvalue weighted by molar-refractivity contribution is -0.136. The van der Waals surface area contributed by atoms with E-state index in [1.807, 2.05) is 17.5 Å². The second-order valence-electron chi connectivity index (χ2n) is 4.25. The molecular formula is C14H14N2O3S. The number of carboxylic acids is 1. The largest absolute Gasteiger partial charge is 0.481 e. The van der Waals surface area contributed by atoms with Crippen molar-refractivity contribution in [2.24, 2.45) is 5.73 Å². The molecule has 0 aliphatic carbocycles. The van der Waals surface area contributed by atoms with Crippen molar-refractivity contribution in [3.8, 4) is 0 Å². The molecule has 1 unspecified atom stereocenters. The predicted molar refractivity (Wildman–Crippen MR) is 77.7 cm³/mol. The van der Waals surface area contributed by atoms with Crippen LogP contribution in [0, 0.1) is 0 Å². The average Bonchev–Trinajstić information content (AvgIpc) is 2.93. The number of carbonyl (C=O) groups excluding carboxylic acids is 1. The lowest BCUT2D eigenvalue weighted by Crippen LogP contribution is -2.26. The number of nitrogens with two attached hydrogens (primary N) is 1. The highest BCUT2D eigenvalue weighted by molar-refractivity contribution is 7.10. The number of thiophene rings is 1. The van der Waals surface area contributed by atoms with Crippen LogP contribution in [0.15, 0.2) is 41.8 Å². The van der Waals surface area contributed by atoms with Gasteiger partial charge < -0.3 is 16.2 Å². The molecule has 2 aromatic rings. The van der Waals surface area contributed by atoms with Gasteiger partial charge in [0.1, 0.15) is 6.04 Å². The smallest absolute Gasteiger partial charge is 0.307 e. The fourth-order valence-corrected chi connectivity index (χ4v) is 2.42. The summed E-state index contributed by atoms with van der Waals surface area (Å²) in [6.45, 7) is 0. The molecule has 1 aromatic heterocycles. The molecule has 20 heavy (non-hydrogen) atoms. The number of hydrogen-bond acceptors (Lipinski definition) is 4. The molecule has 0 radical (unpaired) electrons. The van der Waals surface area contributed by atoms with Gasteiger partial charge in [0.15, 0.2) is 0 Å². The minimum absolute atomic E-state index is 0.0388. The zero-order valence-corrected chi connectivity index (χ0v) is 11.4. The number of nitrogens with one attached hydrogen (secondary N) is 1. The summed E-state index contributed by atoms with van der Waals surface area (Å²) in [5.41, 5.74) is 7.12. The Morgan fingerprint density at radius 2 is 1.95 bits per heavy atom. The van der Waals surface area contributed by atoms with Gasteiger partial charge in [-0.15, -0.1) is 11.3 Å². The molecule has 0 aliphatic heterocycles. The van der Waals surface area contributed by atoms with Gasteiger partial charge >= 0.3 is 5.97 Å². The van der Waals surface area contributed by atoms with Crippen molar-refractivity contribution in [1.29, 1.82) is 0 Å². The van der Waals surface area contributed by atoms with Crippen LogP contribution in [0.4, 0.5) is 5.69 Å². The Kier molecular flexibility index (Phi) is 4.49. The Morgan fingerprint density at radius 3 is 2.50 bits per heavy atom. The number of anilines is 1. The maximum atomic E-state index is 11.9. The van der Waals surface area contributed by atoms with Gasteiger partial charge in [0, 0.05) is 10.6 Å². The summed E-state index contributed by atoms with van der Waals surface area (Å²) >= 11 is 1.43. The molecule has 5 nitrogen and oxygen atoms in total. The van der Waals surface area contributed by atoms with Crippen LogP contribution in [0.1, 0.15) is 16.5 Å². The van der Waals surface area contributed by atoms with E-state index in [0.717, 1.165) is 4.88 Å². The van der Waals surface area contributed by atoms with Crippen LogP contribution in [-0.4, -0.2) is 17.0 Å². The molecule has 6 heteroatoms. The van der Waals surface area contributed by atoms with Crippen molar-refractivity contribution in [2.75, 3.05) is 5.32 Å². The molecular weight excluding hydrogens is 276 g/mol. The van der Waals surface area contributed by atoms with Gasteiger partial charge in [-0.25, -0.2) is 0 Å². The average molecular weight is 290 g/mol. The lowest BCUT2D eigenvalue weighted by Gasteiger charge is -2.11. The second kappa shape index (κ2) is 6.31. The molecule has 1 atom stereocenters.